The maximum atomic E-state index is 5.44. The molecule has 0 unspecified atom stereocenters. The zero-order chi connectivity index (χ0) is 16.3. The van der Waals surface area contributed by atoms with Gasteiger partial charge in [0, 0.05) is 17.0 Å². The molecule has 0 N–H and O–H groups in total. The second kappa shape index (κ2) is 6.48. The van der Waals surface area contributed by atoms with E-state index in [4.69, 9.17) is 9.26 Å². The molecule has 0 aliphatic rings. The van der Waals surface area contributed by atoms with Crippen LogP contribution in [0, 0.1) is 0 Å². The first-order chi connectivity index (χ1) is 10.3. The van der Waals surface area contributed by atoms with Crippen LogP contribution in [0.25, 0.3) is 0 Å². The smallest absolute Gasteiger partial charge is 0.240 e. The molecule has 2 aromatic rings. The topological polar surface area (TPSA) is 51.4 Å². The fraction of sp³-hybridized carbons (Fsp3) is 0.529. The number of benzene rings is 1. The first-order valence-electron chi connectivity index (χ1n) is 7.49. The zero-order valence-corrected chi connectivity index (χ0v) is 14.3. The minimum Gasteiger partial charge on any atom is -0.496 e. The van der Waals surface area contributed by atoms with Gasteiger partial charge in [0.1, 0.15) is 5.75 Å². The summed E-state index contributed by atoms with van der Waals surface area (Å²) in [5.41, 5.74) is 1.04. The summed E-state index contributed by atoms with van der Waals surface area (Å²) in [6, 6.07) is 8.23. The van der Waals surface area contributed by atoms with Crippen LogP contribution in [0.4, 0.5) is 0 Å². The number of para-hydroxylation sites is 1. The molecule has 0 spiro atoms. The number of hydrogen-bond acceptors (Lipinski definition) is 5. The molecule has 0 radical (unpaired) electrons. The van der Waals surface area contributed by atoms with Gasteiger partial charge in [0.2, 0.25) is 5.89 Å². The Kier molecular flexibility index (Phi) is 4.86. The molecule has 0 saturated carbocycles. The number of rotatable bonds is 5. The molecule has 120 valence electrons. The molecule has 2 rings (SSSR count). The first kappa shape index (κ1) is 16.5. The van der Waals surface area contributed by atoms with Gasteiger partial charge >= 0.3 is 0 Å². The summed E-state index contributed by atoms with van der Waals surface area (Å²) in [5.74, 6) is 2.26. The van der Waals surface area contributed by atoms with Gasteiger partial charge in [0.25, 0.3) is 0 Å². The Balaban J connectivity index is 2.11. The molecule has 1 aromatic carbocycles. The highest BCUT2D eigenvalue weighted by molar-refractivity contribution is 5.35. The summed E-state index contributed by atoms with van der Waals surface area (Å²) in [7, 11) is 3.73. The number of hydrogen-bond donors (Lipinski definition) is 0. The van der Waals surface area contributed by atoms with Crippen LogP contribution in [0.15, 0.2) is 28.8 Å². The second-order valence-electron chi connectivity index (χ2n) is 6.59. The zero-order valence-electron chi connectivity index (χ0n) is 14.3. The van der Waals surface area contributed by atoms with Crippen molar-refractivity contribution in [3.63, 3.8) is 0 Å². The third kappa shape index (κ3) is 3.65. The van der Waals surface area contributed by atoms with E-state index in [-0.39, 0.29) is 11.5 Å². The van der Waals surface area contributed by atoms with E-state index in [9.17, 15) is 0 Å². The molecule has 1 atom stereocenters. The molecule has 0 aliphatic carbocycles. The van der Waals surface area contributed by atoms with Crippen LogP contribution >= 0.6 is 0 Å². The molecular weight excluding hydrogens is 278 g/mol. The van der Waals surface area contributed by atoms with Gasteiger partial charge in [0.15, 0.2) is 5.82 Å². The predicted molar refractivity (Wildman–Crippen MR) is 85.9 cm³/mol. The van der Waals surface area contributed by atoms with Gasteiger partial charge in [-0.05, 0) is 20.0 Å². The van der Waals surface area contributed by atoms with Gasteiger partial charge in [-0.25, -0.2) is 0 Å². The first-order valence-corrected chi connectivity index (χ1v) is 7.49. The standard InChI is InChI=1S/C17H25N3O2/c1-12(13-9-7-8-10-14(13)21-6)20(5)11-15-18-16(19-22-15)17(2,3)4/h7-10,12H,11H2,1-6H3/t12-/m0/s1. The molecule has 1 heterocycles. The van der Waals surface area contributed by atoms with E-state index >= 15 is 0 Å². The fourth-order valence-electron chi connectivity index (χ4n) is 2.22. The van der Waals surface area contributed by atoms with Crippen LogP contribution in [0.1, 0.15) is 51.0 Å². The fourth-order valence-corrected chi connectivity index (χ4v) is 2.22. The minimum atomic E-state index is -0.103. The number of ether oxygens (including phenoxy) is 1. The lowest BCUT2D eigenvalue weighted by molar-refractivity contribution is 0.212. The van der Waals surface area contributed by atoms with Crippen molar-refractivity contribution in [1.29, 1.82) is 0 Å². The highest BCUT2D eigenvalue weighted by Crippen LogP contribution is 2.29. The third-order valence-corrected chi connectivity index (χ3v) is 3.77. The number of methoxy groups -OCH3 is 1. The number of nitrogens with zero attached hydrogens (tertiary/aromatic N) is 3. The summed E-state index contributed by atoms with van der Waals surface area (Å²) in [5, 5.41) is 4.07. The van der Waals surface area contributed by atoms with Crippen molar-refractivity contribution in [2.45, 2.75) is 45.7 Å². The maximum absolute atomic E-state index is 5.44. The normalized spacial score (nSPS) is 13.4. The van der Waals surface area contributed by atoms with Gasteiger partial charge < -0.3 is 9.26 Å². The SMILES string of the molecule is COc1ccccc1[C@H](C)N(C)Cc1nc(C(C)(C)C)no1. The summed E-state index contributed by atoms with van der Waals surface area (Å²) in [6.45, 7) is 8.95. The summed E-state index contributed by atoms with van der Waals surface area (Å²) in [4.78, 5) is 6.65. The quantitative estimate of drug-likeness (QED) is 0.845. The molecule has 0 bridgehead atoms. The van der Waals surface area contributed by atoms with Crippen molar-refractivity contribution >= 4 is 0 Å². The Morgan fingerprint density at radius 1 is 1.27 bits per heavy atom. The Labute approximate surface area is 132 Å². The van der Waals surface area contributed by atoms with Crippen molar-refractivity contribution in [2.24, 2.45) is 0 Å². The molecule has 5 heteroatoms. The molecule has 0 aliphatic heterocycles. The Hall–Kier alpha value is -1.88. The summed E-state index contributed by atoms with van der Waals surface area (Å²) >= 11 is 0. The van der Waals surface area contributed by atoms with Crippen molar-refractivity contribution in [1.82, 2.24) is 15.0 Å². The predicted octanol–water partition coefficient (Wildman–Crippen LogP) is 3.57. The van der Waals surface area contributed by atoms with Gasteiger partial charge in [-0.15, -0.1) is 0 Å². The molecule has 0 saturated heterocycles. The van der Waals surface area contributed by atoms with Gasteiger partial charge in [0.05, 0.1) is 13.7 Å². The molecular formula is C17H25N3O2. The van der Waals surface area contributed by atoms with Crippen molar-refractivity contribution in [2.75, 3.05) is 14.2 Å². The lowest BCUT2D eigenvalue weighted by Gasteiger charge is -2.24. The number of aromatic nitrogens is 2. The minimum absolute atomic E-state index is 0.103. The van der Waals surface area contributed by atoms with Gasteiger partial charge in [-0.2, -0.15) is 4.98 Å². The monoisotopic (exact) mass is 303 g/mol. The van der Waals surface area contributed by atoms with Crippen LogP contribution in [-0.4, -0.2) is 29.2 Å². The van der Waals surface area contributed by atoms with Crippen molar-refractivity contribution in [3.8, 4) is 5.75 Å². The highest BCUT2D eigenvalue weighted by atomic mass is 16.5. The van der Waals surface area contributed by atoms with Gasteiger partial charge in [-0.1, -0.05) is 44.1 Å². The van der Waals surface area contributed by atoms with Crippen LogP contribution in [0.3, 0.4) is 0 Å². The molecule has 0 amide bonds. The van der Waals surface area contributed by atoms with E-state index in [1.165, 1.54) is 0 Å². The van der Waals surface area contributed by atoms with Gasteiger partial charge in [-0.3, -0.25) is 4.90 Å². The third-order valence-electron chi connectivity index (χ3n) is 3.77. The molecule has 22 heavy (non-hydrogen) atoms. The summed E-state index contributed by atoms with van der Waals surface area (Å²) < 4.78 is 10.8. The van der Waals surface area contributed by atoms with E-state index in [0.29, 0.717) is 12.4 Å². The lowest BCUT2D eigenvalue weighted by Crippen LogP contribution is -2.22. The van der Waals surface area contributed by atoms with E-state index in [1.807, 2.05) is 25.2 Å². The molecule has 5 nitrogen and oxygen atoms in total. The van der Waals surface area contributed by atoms with Crippen molar-refractivity contribution < 1.29 is 9.26 Å². The average Bonchev–Trinajstić information content (AvgIpc) is 2.95. The van der Waals surface area contributed by atoms with Crippen LogP contribution in [0.5, 0.6) is 5.75 Å². The Morgan fingerprint density at radius 2 is 1.95 bits per heavy atom. The van der Waals surface area contributed by atoms with E-state index in [1.54, 1.807) is 7.11 Å². The Morgan fingerprint density at radius 3 is 2.55 bits per heavy atom. The maximum Gasteiger partial charge on any atom is 0.240 e. The lowest BCUT2D eigenvalue weighted by atomic mass is 9.96. The van der Waals surface area contributed by atoms with E-state index < -0.39 is 0 Å². The molecule has 1 aromatic heterocycles. The van der Waals surface area contributed by atoms with E-state index in [0.717, 1.165) is 17.1 Å². The average molecular weight is 303 g/mol. The largest absolute Gasteiger partial charge is 0.496 e. The highest BCUT2D eigenvalue weighted by Gasteiger charge is 2.23. The van der Waals surface area contributed by atoms with E-state index in [2.05, 4.69) is 48.8 Å². The van der Waals surface area contributed by atoms with Crippen LogP contribution < -0.4 is 4.74 Å². The Bertz CT molecular complexity index is 616. The second-order valence-corrected chi connectivity index (χ2v) is 6.59. The van der Waals surface area contributed by atoms with Crippen LogP contribution in [-0.2, 0) is 12.0 Å². The molecule has 0 fully saturated rings. The summed E-state index contributed by atoms with van der Waals surface area (Å²) in [6.07, 6.45) is 0. The van der Waals surface area contributed by atoms with Crippen molar-refractivity contribution in [3.05, 3.63) is 41.5 Å². The van der Waals surface area contributed by atoms with Crippen LogP contribution in [0.2, 0.25) is 0 Å².